The summed E-state index contributed by atoms with van der Waals surface area (Å²) in [5.74, 6) is -1.21. The van der Waals surface area contributed by atoms with Gasteiger partial charge in [-0.25, -0.2) is 4.90 Å². The predicted molar refractivity (Wildman–Crippen MR) is 71.6 cm³/mol. The van der Waals surface area contributed by atoms with Crippen LogP contribution in [0.2, 0.25) is 0 Å². The molecule has 1 fully saturated rings. The molecule has 2 heterocycles. The van der Waals surface area contributed by atoms with Crippen molar-refractivity contribution in [3.8, 4) is 5.75 Å². The first kappa shape index (κ1) is 15.1. The lowest BCUT2D eigenvalue weighted by molar-refractivity contribution is -0.294. The van der Waals surface area contributed by atoms with Crippen molar-refractivity contribution in [2.75, 3.05) is 31.6 Å². The molecule has 8 heteroatoms. The number of hydrogen-bond donors (Lipinski definition) is 1. The summed E-state index contributed by atoms with van der Waals surface area (Å²) in [4.78, 5) is 13.3. The normalized spacial score (nSPS) is 26.1. The number of benzene rings is 1. The third kappa shape index (κ3) is 2.22. The number of aryl methyl sites for hydroxylation is 1. The fourth-order valence-electron chi connectivity index (χ4n) is 2.70. The molecule has 1 atom stereocenters. The third-order valence-corrected chi connectivity index (χ3v) is 3.79. The average molecular weight is 316 g/mol. The van der Waals surface area contributed by atoms with Gasteiger partial charge >= 0.3 is 11.9 Å². The van der Waals surface area contributed by atoms with Crippen LogP contribution in [0.15, 0.2) is 18.2 Å². The number of carbonyl (C=O) groups is 1. The molecule has 1 aromatic rings. The SMILES string of the molecule is Cc1ccc2c(c1)NC(=O)[C@](N1CCOCC1)(C(F)(F)F)O2. The summed E-state index contributed by atoms with van der Waals surface area (Å²) in [5.41, 5.74) is -1.95. The van der Waals surface area contributed by atoms with E-state index in [9.17, 15) is 18.0 Å². The van der Waals surface area contributed by atoms with Crippen LogP contribution in [0.5, 0.6) is 5.75 Å². The average Bonchev–Trinajstić information content (AvgIpc) is 2.46. The molecule has 22 heavy (non-hydrogen) atoms. The van der Waals surface area contributed by atoms with Gasteiger partial charge in [0.05, 0.1) is 18.9 Å². The summed E-state index contributed by atoms with van der Waals surface area (Å²) in [6.45, 7) is 1.95. The van der Waals surface area contributed by atoms with Crippen molar-refractivity contribution in [3.05, 3.63) is 23.8 Å². The third-order valence-electron chi connectivity index (χ3n) is 3.79. The zero-order chi connectivity index (χ0) is 16.0. The van der Waals surface area contributed by atoms with E-state index in [2.05, 4.69) is 5.32 Å². The number of morpholine rings is 1. The number of hydrogen-bond acceptors (Lipinski definition) is 4. The van der Waals surface area contributed by atoms with Gasteiger partial charge in [0.1, 0.15) is 5.75 Å². The van der Waals surface area contributed by atoms with E-state index >= 15 is 0 Å². The second-order valence-corrected chi connectivity index (χ2v) is 5.30. The minimum Gasteiger partial charge on any atom is -0.453 e. The fraction of sp³-hybridized carbons (Fsp3) is 0.500. The van der Waals surface area contributed by atoms with Crippen molar-refractivity contribution in [3.63, 3.8) is 0 Å². The number of alkyl halides is 3. The van der Waals surface area contributed by atoms with E-state index in [0.717, 1.165) is 10.5 Å². The summed E-state index contributed by atoms with van der Waals surface area (Å²) in [7, 11) is 0. The fourth-order valence-corrected chi connectivity index (χ4v) is 2.70. The summed E-state index contributed by atoms with van der Waals surface area (Å²) in [6.07, 6.45) is -4.88. The minimum absolute atomic E-state index is 0.00835. The molecule has 2 aliphatic rings. The first-order valence-corrected chi connectivity index (χ1v) is 6.85. The summed E-state index contributed by atoms with van der Waals surface area (Å²) in [6, 6.07) is 4.65. The van der Waals surface area contributed by atoms with E-state index < -0.39 is 17.8 Å². The largest absolute Gasteiger partial charge is 0.453 e. The van der Waals surface area contributed by atoms with Crippen LogP contribution in [-0.4, -0.2) is 49.0 Å². The van der Waals surface area contributed by atoms with Gasteiger partial charge in [-0.05, 0) is 24.6 Å². The Morgan fingerprint density at radius 1 is 1.27 bits per heavy atom. The molecule has 5 nitrogen and oxygen atoms in total. The zero-order valence-corrected chi connectivity index (χ0v) is 11.9. The molecule has 0 unspecified atom stereocenters. The van der Waals surface area contributed by atoms with Gasteiger partial charge in [-0.15, -0.1) is 0 Å². The Morgan fingerprint density at radius 3 is 2.59 bits per heavy atom. The molecule has 0 aliphatic carbocycles. The lowest BCUT2D eigenvalue weighted by atomic mass is 10.1. The van der Waals surface area contributed by atoms with Crippen molar-refractivity contribution in [2.45, 2.75) is 18.8 Å². The lowest BCUT2D eigenvalue weighted by Crippen LogP contribution is -2.72. The molecule has 0 saturated carbocycles. The van der Waals surface area contributed by atoms with Crippen LogP contribution in [0, 0.1) is 6.92 Å². The maximum atomic E-state index is 13.7. The van der Waals surface area contributed by atoms with E-state index in [-0.39, 0.29) is 37.7 Å². The van der Waals surface area contributed by atoms with Crippen molar-refractivity contribution in [1.29, 1.82) is 0 Å². The topological polar surface area (TPSA) is 50.8 Å². The molecular formula is C14H15F3N2O3. The van der Waals surface area contributed by atoms with Crippen molar-refractivity contribution in [1.82, 2.24) is 4.90 Å². The van der Waals surface area contributed by atoms with E-state index in [4.69, 9.17) is 9.47 Å². The number of anilines is 1. The van der Waals surface area contributed by atoms with Gasteiger partial charge in [0, 0.05) is 13.1 Å². The van der Waals surface area contributed by atoms with Gasteiger partial charge in [0.15, 0.2) is 0 Å². The van der Waals surface area contributed by atoms with Crippen molar-refractivity contribution < 1.29 is 27.4 Å². The van der Waals surface area contributed by atoms with E-state index in [1.54, 1.807) is 19.1 Å². The molecule has 120 valence electrons. The van der Waals surface area contributed by atoms with Gasteiger partial charge in [-0.1, -0.05) is 6.07 Å². The highest BCUT2D eigenvalue weighted by atomic mass is 19.4. The maximum Gasteiger partial charge on any atom is 0.453 e. The van der Waals surface area contributed by atoms with Crippen LogP contribution in [-0.2, 0) is 9.53 Å². The van der Waals surface area contributed by atoms with E-state index in [1.807, 2.05) is 0 Å². The predicted octanol–water partition coefficient (Wildman–Crippen LogP) is 1.92. The van der Waals surface area contributed by atoms with Gasteiger partial charge in [0.2, 0.25) is 0 Å². The molecule has 1 saturated heterocycles. The Labute approximate surface area is 125 Å². The molecule has 2 aliphatic heterocycles. The molecule has 0 radical (unpaired) electrons. The van der Waals surface area contributed by atoms with Crippen LogP contribution >= 0.6 is 0 Å². The molecular weight excluding hydrogens is 301 g/mol. The Bertz CT molecular complexity index is 599. The Kier molecular flexibility index (Phi) is 3.53. The molecule has 1 aromatic carbocycles. The highest BCUT2D eigenvalue weighted by Gasteiger charge is 2.68. The van der Waals surface area contributed by atoms with Crippen LogP contribution in [0.4, 0.5) is 18.9 Å². The zero-order valence-electron chi connectivity index (χ0n) is 11.9. The summed E-state index contributed by atoms with van der Waals surface area (Å²) < 4.78 is 51.5. The van der Waals surface area contributed by atoms with E-state index in [0.29, 0.717) is 0 Å². The second-order valence-electron chi connectivity index (χ2n) is 5.30. The summed E-state index contributed by atoms with van der Waals surface area (Å²) in [5, 5.41) is 2.33. The number of ether oxygens (including phenoxy) is 2. The van der Waals surface area contributed by atoms with Gasteiger partial charge < -0.3 is 14.8 Å². The van der Waals surface area contributed by atoms with Gasteiger partial charge in [-0.2, -0.15) is 13.2 Å². The molecule has 1 amide bonds. The standard InChI is InChI=1S/C14H15F3N2O3/c1-9-2-3-11-10(8-9)18-12(20)13(22-11,14(15,16)17)19-4-6-21-7-5-19/h2-3,8H,4-7H2,1H3,(H,18,20)/t13-/m1/s1. The molecule has 0 aromatic heterocycles. The molecule has 1 N–H and O–H groups in total. The Balaban J connectivity index is 2.06. The number of fused-ring (bicyclic) bond motifs is 1. The van der Waals surface area contributed by atoms with Crippen LogP contribution in [0.3, 0.4) is 0 Å². The number of rotatable bonds is 1. The number of halogens is 3. The number of amides is 1. The Hall–Kier alpha value is -1.80. The van der Waals surface area contributed by atoms with Crippen molar-refractivity contribution in [2.24, 2.45) is 0 Å². The number of nitrogens with zero attached hydrogens (tertiary/aromatic N) is 1. The first-order valence-electron chi connectivity index (χ1n) is 6.85. The highest BCUT2D eigenvalue weighted by Crippen LogP contribution is 2.44. The van der Waals surface area contributed by atoms with Crippen LogP contribution < -0.4 is 10.1 Å². The lowest BCUT2D eigenvalue weighted by Gasteiger charge is -2.46. The monoisotopic (exact) mass is 316 g/mol. The number of carbonyl (C=O) groups excluding carboxylic acids is 1. The van der Waals surface area contributed by atoms with Crippen LogP contribution in [0.1, 0.15) is 5.56 Å². The minimum atomic E-state index is -4.88. The molecule has 0 spiro atoms. The number of nitrogens with one attached hydrogen (secondary N) is 1. The van der Waals surface area contributed by atoms with Crippen molar-refractivity contribution >= 4 is 11.6 Å². The summed E-state index contributed by atoms with van der Waals surface area (Å²) >= 11 is 0. The first-order chi connectivity index (χ1) is 10.3. The van der Waals surface area contributed by atoms with Crippen LogP contribution in [0.25, 0.3) is 0 Å². The second kappa shape index (κ2) is 5.13. The highest BCUT2D eigenvalue weighted by molar-refractivity contribution is 6.01. The smallest absolute Gasteiger partial charge is 0.453 e. The quantitative estimate of drug-likeness (QED) is 0.860. The van der Waals surface area contributed by atoms with Gasteiger partial charge in [0.25, 0.3) is 5.91 Å². The van der Waals surface area contributed by atoms with E-state index in [1.165, 1.54) is 6.07 Å². The van der Waals surface area contributed by atoms with Gasteiger partial charge in [-0.3, -0.25) is 4.79 Å². The molecule has 0 bridgehead atoms. The maximum absolute atomic E-state index is 13.7. The molecule has 3 rings (SSSR count). The Morgan fingerprint density at radius 2 is 1.95 bits per heavy atom.